The molecule has 4 rings (SSSR count). The molecule has 0 saturated carbocycles. The van der Waals surface area contributed by atoms with E-state index in [4.69, 9.17) is 4.74 Å². The van der Waals surface area contributed by atoms with E-state index in [0.717, 1.165) is 12.0 Å². The maximum absolute atomic E-state index is 12.8. The van der Waals surface area contributed by atoms with E-state index in [-0.39, 0.29) is 12.1 Å². The van der Waals surface area contributed by atoms with E-state index in [1.807, 2.05) is 47.3 Å². The van der Waals surface area contributed by atoms with Crippen LogP contribution in [0.15, 0.2) is 48.8 Å². The van der Waals surface area contributed by atoms with Gasteiger partial charge in [0.2, 0.25) is 0 Å². The Balaban J connectivity index is 1.44. The molecule has 9 heteroatoms. The molecule has 140 valence electrons. The summed E-state index contributed by atoms with van der Waals surface area (Å²) in [5.41, 5.74) is 1.62. The van der Waals surface area contributed by atoms with Crippen LogP contribution in [0.2, 0.25) is 0 Å². The molecular formula is C18H20N6O2S. The lowest BCUT2D eigenvalue weighted by molar-refractivity contribution is 0.0442. The third-order valence-corrected chi connectivity index (χ3v) is 4.98. The predicted molar refractivity (Wildman–Crippen MR) is 103 cm³/mol. The lowest BCUT2D eigenvalue weighted by atomic mass is 10.2. The number of nitrogens with zero attached hydrogens (tertiary/aromatic N) is 5. The van der Waals surface area contributed by atoms with Crippen LogP contribution in [0.1, 0.15) is 6.42 Å². The van der Waals surface area contributed by atoms with E-state index in [9.17, 15) is 4.79 Å². The van der Waals surface area contributed by atoms with Crippen molar-refractivity contribution in [1.82, 2.24) is 24.3 Å². The summed E-state index contributed by atoms with van der Waals surface area (Å²) in [4.78, 5) is 14.6. The molecule has 2 amide bonds. The topological polar surface area (TPSA) is 85.2 Å². The van der Waals surface area contributed by atoms with Crippen LogP contribution in [0.5, 0.6) is 0 Å². The molecule has 2 aromatic heterocycles. The molecule has 0 spiro atoms. The fourth-order valence-electron chi connectivity index (χ4n) is 3.04. The van der Waals surface area contributed by atoms with Gasteiger partial charge in [-0.25, -0.2) is 4.79 Å². The molecule has 1 aliphatic heterocycles. The molecule has 8 nitrogen and oxygen atoms in total. The second kappa shape index (κ2) is 8.28. The minimum atomic E-state index is -0.158. The molecule has 1 saturated heterocycles. The Morgan fingerprint density at radius 1 is 1.30 bits per heavy atom. The van der Waals surface area contributed by atoms with Gasteiger partial charge in [0.15, 0.2) is 0 Å². The average molecular weight is 384 g/mol. The number of ether oxygens (including phenoxy) is 1. The van der Waals surface area contributed by atoms with Crippen LogP contribution >= 0.6 is 11.5 Å². The maximum Gasteiger partial charge on any atom is 0.322 e. The van der Waals surface area contributed by atoms with Gasteiger partial charge in [-0.05, 0) is 12.5 Å². The first-order valence-corrected chi connectivity index (χ1v) is 9.59. The van der Waals surface area contributed by atoms with Crippen LogP contribution in [0.25, 0.3) is 11.3 Å². The minimum Gasteiger partial charge on any atom is -0.374 e. The molecule has 0 bridgehead atoms. The first kappa shape index (κ1) is 17.6. The monoisotopic (exact) mass is 384 g/mol. The number of rotatable bonds is 4. The van der Waals surface area contributed by atoms with Crippen molar-refractivity contribution in [2.24, 2.45) is 0 Å². The van der Waals surface area contributed by atoms with Crippen molar-refractivity contribution in [2.75, 3.05) is 25.0 Å². The van der Waals surface area contributed by atoms with Gasteiger partial charge in [0, 0.05) is 42.6 Å². The molecule has 0 radical (unpaired) electrons. The van der Waals surface area contributed by atoms with Crippen molar-refractivity contribution in [2.45, 2.75) is 19.1 Å². The maximum atomic E-state index is 12.8. The predicted octanol–water partition coefficient (Wildman–Crippen LogP) is 2.72. The number of hydrogen-bond acceptors (Lipinski definition) is 6. The summed E-state index contributed by atoms with van der Waals surface area (Å²) in [7, 11) is 0. The van der Waals surface area contributed by atoms with Gasteiger partial charge in [-0.3, -0.25) is 10.00 Å². The normalized spacial score (nSPS) is 17.5. The fourth-order valence-corrected chi connectivity index (χ4v) is 3.62. The number of aromatic nitrogens is 4. The molecule has 3 heterocycles. The van der Waals surface area contributed by atoms with Gasteiger partial charge in [-0.15, -0.1) is 5.10 Å². The van der Waals surface area contributed by atoms with E-state index in [2.05, 4.69) is 20.0 Å². The number of carbonyl (C=O) groups excluding carboxylic acids is 1. The Kier molecular flexibility index (Phi) is 5.40. The van der Waals surface area contributed by atoms with Crippen LogP contribution in [-0.2, 0) is 11.3 Å². The first-order valence-electron chi connectivity index (χ1n) is 8.82. The fraction of sp³-hybridized carbons (Fsp3) is 0.333. The van der Waals surface area contributed by atoms with Gasteiger partial charge >= 0.3 is 6.03 Å². The van der Waals surface area contributed by atoms with E-state index < -0.39 is 0 Å². The van der Waals surface area contributed by atoms with Gasteiger partial charge in [-0.2, -0.15) is 5.10 Å². The summed E-state index contributed by atoms with van der Waals surface area (Å²) in [5, 5.41) is 12.0. The van der Waals surface area contributed by atoms with Crippen molar-refractivity contribution >= 4 is 22.6 Å². The SMILES string of the molecule is O=C(Nc1snnc1-c1ccccc1)N1CCCOC(Cn2cccn2)C1. The number of benzene rings is 1. The summed E-state index contributed by atoms with van der Waals surface area (Å²) >= 11 is 1.18. The minimum absolute atomic E-state index is 0.0914. The molecule has 1 N–H and O–H groups in total. The number of amides is 2. The van der Waals surface area contributed by atoms with Gasteiger partial charge in [-0.1, -0.05) is 34.8 Å². The third-order valence-electron chi connectivity index (χ3n) is 4.34. The molecule has 1 atom stereocenters. The summed E-state index contributed by atoms with van der Waals surface area (Å²) in [5.74, 6) is 0. The van der Waals surface area contributed by atoms with Crippen LogP contribution in [0.3, 0.4) is 0 Å². The Labute approximate surface area is 160 Å². The van der Waals surface area contributed by atoms with Gasteiger partial charge in [0.1, 0.15) is 10.7 Å². The number of nitrogens with one attached hydrogen (secondary N) is 1. The molecule has 3 aromatic rings. The van der Waals surface area contributed by atoms with Crippen LogP contribution in [-0.4, -0.2) is 56.1 Å². The molecular weight excluding hydrogens is 364 g/mol. The summed E-state index contributed by atoms with van der Waals surface area (Å²) in [6, 6.07) is 11.4. The zero-order chi connectivity index (χ0) is 18.5. The molecule has 27 heavy (non-hydrogen) atoms. The highest BCUT2D eigenvalue weighted by molar-refractivity contribution is 7.10. The number of urea groups is 1. The Bertz CT molecular complexity index is 867. The van der Waals surface area contributed by atoms with Crippen molar-refractivity contribution in [1.29, 1.82) is 0 Å². The number of hydrogen-bond donors (Lipinski definition) is 1. The van der Waals surface area contributed by atoms with Gasteiger partial charge in [0.05, 0.1) is 19.2 Å². The smallest absolute Gasteiger partial charge is 0.322 e. The second-order valence-electron chi connectivity index (χ2n) is 6.27. The first-order chi connectivity index (χ1) is 13.3. The van der Waals surface area contributed by atoms with E-state index in [1.54, 1.807) is 11.1 Å². The van der Waals surface area contributed by atoms with Crippen molar-refractivity contribution in [3.8, 4) is 11.3 Å². The van der Waals surface area contributed by atoms with Gasteiger partial charge in [0.25, 0.3) is 0 Å². The quantitative estimate of drug-likeness (QED) is 0.748. The molecule has 0 aliphatic carbocycles. The molecule has 1 unspecified atom stereocenters. The highest BCUT2D eigenvalue weighted by atomic mass is 32.1. The summed E-state index contributed by atoms with van der Waals surface area (Å²) in [6.07, 6.45) is 4.35. The Morgan fingerprint density at radius 3 is 3.00 bits per heavy atom. The van der Waals surface area contributed by atoms with Crippen molar-refractivity contribution < 1.29 is 9.53 Å². The van der Waals surface area contributed by atoms with Gasteiger partial charge < -0.3 is 9.64 Å². The zero-order valence-corrected chi connectivity index (χ0v) is 15.5. The van der Waals surface area contributed by atoms with Crippen molar-refractivity contribution in [3.63, 3.8) is 0 Å². The van der Waals surface area contributed by atoms with E-state index in [0.29, 0.717) is 36.9 Å². The highest BCUT2D eigenvalue weighted by Gasteiger charge is 2.24. The molecule has 1 aliphatic rings. The van der Waals surface area contributed by atoms with Crippen LogP contribution < -0.4 is 5.32 Å². The van der Waals surface area contributed by atoms with Crippen LogP contribution in [0, 0.1) is 0 Å². The summed E-state index contributed by atoms with van der Waals surface area (Å²) < 4.78 is 11.7. The standard InChI is InChI=1S/C18H20N6O2S/c25-18(20-17-16(21-22-27-17)14-6-2-1-3-7-14)23-9-5-11-26-15(12-23)13-24-10-4-8-19-24/h1-4,6-8,10,15H,5,9,11-13H2,(H,20,25). The molecule has 1 aromatic carbocycles. The Morgan fingerprint density at radius 2 is 2.19 bits per heavy atom. The third kappa shape index (κ3) is 4.32. The van der Waals surface area contributed by atoms with Crippen molar-refractivity contribution in [3.05, 3.63) is 48.8 Å². The molecule has 1 fully saturated rings. The van der Waals surface area contributed by atoms with E-state index in [1.165, 1.54) is 11.5 Å². The number of anilines is 1. The van der Waals surface area contributed by atoms with E-state index >= 15 is 0 Å². The highest BCUT2D eigenvalue weighted by Crippen LogP contribution is 2.28. The lowest BCUT2D eigenvalue weighted by Crippen LogP contribution is -2.40. The van der Waals surface area contributed by atoms with Crippen LogP contribution in [0.4, 0.5) is 9.80 Å². The Hall–Kier alpha value is -2.78. The second-order valence-corrected chi connectivity index (χ2v) is 7.02. The average Bonchev–Trinajstić information content (AvgIpc) is 3.31. The largest absolute Gasteiger partial charge is 0.374 e. The summed E-state index contributed by atoms with van der Waals surface area (Å²) in [6.45, 7) is 2.41. The lowest BCUT2D eigenvalue weighted by Gasteiger charge is -2.24. The zero-order valence-electron chi connectivity index (χ0n) is 14.7. The number of carbonyl (C=O) groups is 1.